The lowest BCUT2D eigenvalue weighted by molar-refractivity contribution is 0.353. The van der Waals surface area contributed by atoms with Crippen LogP contribution in [-0.4, -0.2) is 50.3 Å². The number of benzene rings is 1. The largest absolute Gasteiger partial charge is 0.493 e. The standard InChI is InChI=1S/C21H31ClN4O2/c1-21(2,15-8-9-18(27-6)19(10-15)28-7)14-24-20(23-3)26(5)13-17-11-16(22)12-25(17)4/h8-12H,13-14H2,1-7H3,(H,23,24). The van der Waals surface area contributed by atoms with Crippen LogP contribution in [0.25, 0.3) is 0 Å². The molecule has 0 aliphatic rings. The third kappa shape index (κ3) is 5.13. The molecule has 0 spiro atoms. The number of guanidine groups is 1. The monoisotopic (exact) mass is 406 g/mol. The van der Waals surface area contributed by atoms with Crippen LogP contribution in [0, 0.1) is 0 Å². The van der Waals surface area contributed by atoms with Crippen LogP contribution >= 0.6 is 11.6 Å². The van der Waals surface area contributed by atoms with Gasteiger partial charge in [-0.1, -0.05) is 31.5 Å². The summed E-state index contributed by atoms with van der Waals surface area (Å²) in [4.78, 5) is 6.50. The van der Waals surface area contributed by atoms with Crippen molar-refractivity contribution in [2.45, 2.75) is 25.8 Å². The maximum atomic E-state index is 6.09. The molecule has 0 fully saturated rings. The van der Waals surface area contributed by atoms with E-state index in [1.54, 1.807) is 21.3 Å². The second-order valence-electron chi connectivity index (χ2n) is 7.47. The highest BCUT2D eigenvalue weighted by molar-refractivity contribution is 6.30. The van der Waals surface area contributed by atoms with Gasteiger partial charge in [-0.25, -0.2) is 0 Å². The average Bonchev–Trinajstić information content (AvgIpc) is 2.98. The van der Waals surface area contributed by atoms with Crippen LogP contribution in [0.15, 0.2) is 35.5 Å². The Morgan fingerprint density at radius 2 is 1.89 bits per heavy atom. The van der Waals surface area contributed by atoms with Gasteiger partial charge in [-0.15, -0.1) is 0 Å². The fourth-order valence-corrected chi connectivity index (χ4v) is 3.36. The van der Waals surface area contributed by atoms with Crippen LogP contribution < -0.4 is 14.8 Å². The molecule has 0 aliphatic carbocycles. The molecule has 1 aromatic carbocycles. The molecule has 1 N–H and O–H groups in total. The molecule has 0 amide bonds. The number of aliphatic imine (C=N–C) groups is 1. The minimum absolute atomic E-state index is 0.134. The predicted octanol–water partition coefficient (Wildman–Crippen LogP) is 3.68. The number of hydrogen-bond acceptors (Lipinski definition) is 3. The van der Waals surface area contributed by atoms with Gasteiger partial charge in [0.05, 0.1) is 25.8 Å². The molecule has 0 saturated carbocycles. The van der Waals surface area contributed by atoms with Gasteiger partial charge < -0.3 is 24.3 Å². The van der Waals surface area contributed by atoms with E-state index in [2.05, 4.69) is 35.1 Å². The van der Waals surface area contributed by atoms with Gasteiger partial charge in [-0.05, 0) is 23.8 Å². The minimum atomic E-state index is -0.134. The number of nitrogens with zero attached hydrogens (tertiary/aromatic N) is 3. The van der Waals surface area contributed by atoms with Crippen LogP contribution in [-0.2, 0) is 19.0 Å². The maximum absolute atomic E-state index is 6.09. The Morgan fingerprint density at radius 3 is 2.43 bits per heavy atom. The van der Waals surface area contributed by atoms with E-state index < -0.39 is 0 Å². The first-order valence-corrected chi connectivity index (χ1v) is 9.54. The molecule has 0 radical (unpaired) electrons. The Labute approximate surface area is 173 Å². The van der Waals surface area contributed by atoms with Gasteiger partial charge in [-0.3, -0.25) is 4.99 Å². The van der Waals surface area contributed by atoms with Crippen molar-refractivity contribution in [3.8, 4) is 11.5 Å². The number of nitrogens with one attached hydrogen (secondary N) is 1. The highest BCUT2D eigenvalue weighted by atomic mass is 35.5. The Balaban J connectivity index is 2.08. The fourth-order valence-electron chi connectivity index (χ4n) is 3.09. The van der Waals surface area contributed by atoms with Crippen molar-refractivity contribution in [1.82, 2.24) is 14.8 Å². The number of hydrogen-bond donors (Lipinski definition) is 1. The topological polar surface area (TPSA) is 51.0 Å². The van der Waals surface area contributed by atoms with Crippen LogP contribution in [0.3, 0.4) is 0 Å². The Bertz CT molecular complexity index is 830. The van der Waals surface area contributed by atoms with E-state index in [1.165, 1.54) is 0 Å². The summed E-state index contributed by atoms with van der Waals surface area (Å²) >= 11 is 6.09. The first kappa shape index (κ1) is 22.0. The third-order valence-electron chi connectivity index (χ3n) is 4.90. The lowest BCUT2D eigenvalue weighted by Crippen LogP contribution is -2.44. The van der Waals surface area contributed by atoms with E-state index >= 15 is 0 Å². The second-order valence-corrected chi connectivity index (χ2v) is 7.91. The quantitative estimate of drug-likeness (QED) is 0.563. The Hall–Kier alpha value is -2.34. The molecule has 7 heteroatoms. The highest BCUT2D eigenvalue weighted by Crippen LogP contribution is 2.32. The summed E-state index contributed by atoms with van der Waals surface area (Å²) in [6.45, 7) is 5.80. The molecule has 0 saturated heterocycles. The van der Waals surface area contributed by atoms with Gasteiger partial charge in [0.15, 0.2) is 17.5 Å². The second kappa shape index (κ2) is 9.24. The lowest BCUT2D eigenvalue weighted by Gasteiger charge is -2.30. The molecule has 0 atom stereocenters. The van der Waals surface area contributed by atoms with E-state index in [9.17, 15) is 0 Å². The van der Waals surface area contributed by atoms with Crippen LogP contribution in [0.4, 0.5) is 0 Å². The minimum Gasteiger partial charge on any atom is -0.493 e. The van der Waals surface area contributed by atoms with E-state index in [-0.39, 0.29) is 5.41 Å². The summed E-state index contributed by atoms with van der Waals surface area (Å²) < 4.78 is 12.8. The molecule has 0 unspecified atom stereocenters. The molecular formula is C21H31ClN4O2. The van der Waals surface area contributed by atoms with Crippen molar-refractivity contribution in [1.29, 1.82) is 0 Å². The van der Waals surface area contributed by atoms with Gasteiger partial charge in [-0.2, -0.15) is 0 Å². The summed E-state index contributed by atoms with van der Waals surface area (Å²) in [6, 6.07) is 8.01. The number of rotatable bonds is 7. The first-order chi connectivity index (χ1) is 13.2. The Kier molecular flexibility index (Phi) is 7.24. The van der Waals surface area contributed by atoms with Crippen molar-refractivity contribution >= 4 is 17.6 Å². The molecule has 154 valence electrons. The number of halogens is 1. The molecule has 2 rings (SSSR count). The molecule has 28 heavy (non-hydrogen) atoms. The predicted molar refractivity (Wildman–Crippen MR) is 116 cm³/mol. The van der Waals surface area contributed by atoms with Gasteiger partial charge in [0.2, 0.25) is 0 Å². The van der Waals surface area contributed by atoms with E-state index in [0.29, 0.717) is 13.1 Å². The van der Waals surface area contributed by atoms with Crippen molar-refractivity contribution in [3.63, 3.8) is 0 Å². The van der Waals surface area contributed by atoms with Crippen molar-refractivity contribution in [3.05, 3.63) is 46.7 Å². The average molecular weight is 407 g/mol. The third-order valence-corrected chi connectivity index (χ3v) is 5.11. The van der Waals surface area contributed by atoms with Gasteiger partial charge in [0, 0.05) is 45.0 Å². The molecule has 1 aromatic heterocycles. The molecular weight excluding hydrogens is 376 g/mol. The summed E-state index contributed by atoms with van der Waals surface area (Å²) in [5.41, 5.74) is 2.14. The summed E-state index contributed by atoms with van der Waals surface area (Å²) in [5.74, 6) is 2.29. The number of aryl methyl sites for hydroxylation is 1. The van der Waals surface area contributed by atoms with Crippen molar-refractivity contribution in [2.24, 2.45) is 12.0 Å². The molecule has 1 heterocycles. The number of ether oxygens (including phenoxy) is 2. The lowest BCUT2D eigenvalue weighted by atomic mass is 9.84. The number of methoxy groups -OCH3 is 2. The molecule has 6 nitrogen and oxygen atoms in total. The maximum Gasteiger partial charge on any atom is 0.193 e. The molecule has 0 bridgehead atoms. The smallest absolute Gasteiger partial charge is 0.193 e. The first-order valence-electron chi connectivity index (χ1n) is 9.17. The normalized spacial score (nSPS) is 12.1. The van der Waals surface area contributed by atoms with Gasteiger partial charge in [0.1, 0.15) is 0 Å². The van der Waals surface area contributed by atoms with E-state index in [0.717, 1.165) is 33.7 Å². The number of aromatic nitrogens is 1. The Morgan fingerprint density at radius 1 is 1.21 bits per heavy atom. The SMILES string of the molecule is CN=C(NCC(C)(C)c1ccc(OC)c(OC)c1)N(C)Cc1cc(Cl)cn1C. The van der Waals surface area contributed by atoms with Crippen molar-refractivity contribution in [2.75, 3.05) is 34.9 Å². The van der Waals surface area contributed by atoms with Crippen LogP contribution in [0.2, 0.25) is 5.02 Å². The summed E-state index contributed by atoms with van der Waals surface area (Å²) in [7, 11) is 9.09. The van der Waals surface area contributed by atoms with Crippen molar-refractivity contribution < 1.29 is 9.47 Å². The fraction of sp³-hybridized carbons (Fsp3) is 0.476. The van der Waals surface area contributed by atoms with E-state index in [4.69, 9.17) is 21.1 Å². The van der Waals surface area contributed by atoms with Gasteiger partial charge in [0.25, 0.3) is 0 Å². The molecule has 2 aromatic rings. The molecule has 0 aliphatic heterocycles. The highest BCUT2D eigenvalue weighted by Gasteiger charge is 2.23. The summed E-state index contributed by atoms with van der Waals surface area (Å²) in [6.07, 6.45) is 1.90. The van der Waals surface area contributed by atoms with Crippen LogP contribution in [0.1, 0.15) is 25.1 Å². The zero-order valence-corrected chi connectivity index (χ0v) is 18.6. The zero-order chi connectivity index (χ0) is 20.9. The van der Waals surface area contributed by atoms with E-state index in [1.807, 2.05) is 43.1 Å². The van der Waals surface area contributed by atoms with Crippen LogP contribution in [0.5, 0.6) is 11.5 Å². The zero-order valence-electron chi connectivity index (χ0n) is 17.8. The van der Waals surface area contributed by atoms with Gasteiger partial charge >= 0.3 is 0 Å². The summed E-state index contributed by atoms with van der Waals surface area (Å²) in [5, 5.41) is 4.22.